The largest absolute Gasteiger partial charge is 0.363 e. The average molecular weight is 415 g/mol. The van der Waals surface area contributed by atoms with Crippen molar-refractivity contribution in [3.8, 4) is 11.1 Å². The fourth-order valence-corrected chi connectivity index (χ4v) is 3.70. The smallest absolute Gasteiger partial charge is 0.116 e. The number of hydrogen-bond donors (Lipinski definition) is 1. The van der Waals surface area contributed by atoms with Crippen molar-refractivity contribution >= 4 is 5.69 Å². The van der Waals surface area contributed by atoms with Gasteiger partial charge in [0, 0.05) is 12.2 Å². The van der Waals surface area contributed by atoms with Gasteiger partial charge in [-0.2, -0.15) is 0 Å². The zero-order valence-corrected chi connectivity index (χ0v) is 18.6. The molecule has 0 aliphatic rings. The molecular formula is C28H34N2O. The first-order chi connectivity index (χ1) is 15.3. The van der Waals surface area contributed by atoms with Gasteiger partial charge >= 0.3 is 0 Å². The Morgan fingerprint density at radius 2 is 1.68 bits per heavy atom. The number of hydrogen-bond acceptors (Lipinski definition) is 3. The van der Waals surface area contributed by atoms with Gasteiger partial charge in [0.1, 0.15) is 6.73 Å². The highest BCUT2D eigenvalue weighted by molar-refractivity contribution is 5.67. The fraction of sp³-hybridized carbons (Fsp3) is 0.286. The van der Waals surface area contributed by atoms with Crippen molar-refractivity contribution in [2.45, 2.75) is 26.4 Å². The van der Waals surface area contributed by atoms with E-state index in [1.54, 1.807) is 0 Å². The van der Waals surface area contributed by atoms with Crippen LogP contribution in [0.3, 0.4) is 0 Å². The van der Waals surface area contributed by atoms with Crippen molar-refractivity contribution in [2.75, 3.05) is 31.7 Å². The molecule has 3 aromatic carbocycles. The number of nitrogens with zero attached hydrogens (tertiary/aromatic N) is 1. The zero-order valence-electron chi connectivity index (χ0n) is 18.6. The Morgan fingerprint density at radius 1 is 0.935 bits per heavy atom. The predicted octanol–water partition coefficient (Wildman–Crippen LogP) is 6.38. The van der Waals surface area contributed by atoms with E-state index in [4.69, 9.17) is 4.74 Å². The molecule has 0 heterocycles. The van der Waals surface area contributed by atoms with Crippen molar-refractivity contribution in [3.63, 3.8) is 0 Å². The Balaban J connectivity index is 1.42. The minimum atomic E-state index is 0.482. The van der Waals surface area contributed by atoms with Crippen LogP contribution in [0.4, 0.5) is 5.69 Å². The van der Waals surface area contributed by atoms with Crippen LogP contribution in [0.5, 0.6) is 0 Å². The van der Waals surface area contributed by atoms with Crippen molar-refractivity contribution in [1.82, 2.24) is 4.90 Å². The van der Waals surface area contributed by atoms with E-state index in [1.165, 1.54) is 28.7 Å². The summed E-state index contributed by atoms with van der Waals surface area (Å²) in [6.45, 7) is 10.2. The van der Waals surface area contributed by atoms with Crippen LogP contribution < -0.4 is 5.32 Å². The number of benzene rings is 3. The molecule has 0 bridgehead atoms. The summed E-state index contributed by atoms with van der Waals surface area (Å²) in [5, 5.41) is 3.36. The maximum absolute atomic E-state index is 5.92. The maximum atomic E-state index is 5.92. The Labute approximate surface area is 187 Å². The van der Waals surface area contributed by atoms with Gasteiger partial charge in [0.15, 0.2) is 0 Å². The van der Waals surface area contributed by atoms with Gasteiger partial charge in [-0.15, -0.1) is 6.58 Å². The molecule has 1 N–H and O–H groups in total. The summed E-state index contributed by atoms with van der Waals surface area (Å²) in [5.74, 6) is 0. The summed E-state index contributed by atoms with van der Waals surface area (Å²) in [4.78, 5) is 2.41. The normalized spacial score (nSPS) is 10.9. The summed E-state index contributed by atoms with van der Waals surface area (Å²) in [6.07, 6.45) is 4.24. The third-order valence-corrected chi connectivity index (χ3v) is 5.47. The van der Waals surface area contributed by atoms with Crippen molar-refractivity contribution in [3.05, 3.63) is 103 Å². The van der Waals surface area contributed by atoms with Crippen LogP contribution in [0.15, 0.2) is 91.5 Å². The monoisotopic (exact) mass is 414 g/mol. The van der Waals surface area contributed by atoms with Crippen LogP contribution in [-0.2, 0) is 17.8 Å². The molecular weight excluding hydrogens is 380 g/mol. The molecule has 0 aliphatic heterocycles. The van der Waals surface area contributed by atoms with Crippen LogP contribution in [0, 0.1) is 0 Å². The SMILES string of the molecule is C=CCN(CC)CCCc1ccc(NCOCc2ccccc2-c2ccccc2)cc1. The lowest BCUT2D eigenvalue weighted by Crippen LogP contribution is -2.24. The van der Waals surface area contributed by atoms with Crippen LogP contribution in [-0.4, -0.2) is 31.3 Å². The van der Waals surface area contributed by atoms with E-state index in [0.717, 1.165) is 31.7 Å². The van der Waals surface area contributed by atoms with Gasteiger partial charge in [0.05, 0.1) is 6.61 Å². The fourth-order valence-electron chi connectivity index (χ4n) is 3.70. The molecule has 0 aliphatic carbocycles. The van der Waals surface area contributed by atoms with Gasteiger partial charge in [-0.25, -0.2) is 0 Å². The molecule has 0 atom stereocenters. The molecule has 0 fully saturated rings. The summed E-state index contributed by atoms with van der Waals surface area (Å²) in [6, 6.07) is 27.6. The molecule has 0 radical (unpaired) electrons. The van der Waals surface area contributed by atoms with Gasteiger partial charge in [0.25, 0.3) is 0 Å². The predicted molar refractivity (Wildman–Crippen MR) is 132 cm³/mol. The van der Waals surface area contributed by atoms with E-state index in [2.05, 4.69) is 96.5 Å². The third-order valence-electron chi connectivity index (χ3n) is 5.47. The van der Waals surface area contributed by atoms with Crippen molar-refractivity contribution in [2.24, 2.45) is 0 Å². The molecule has 0 amide bonds. The Hall–Kier alpha value is -2.88. The van der Waals surface area contributed by atoms with Crippen molar-refractivity contribution in [1.29, 1.82) is 0 Å². The minimum Gasteiger partial charge on any atom is -0.363 e. The quantitative estimate of drug-likeness (QED) is 0.199. The van der Waals surface area contributed by atoms with E-state index in [-0.39, 0.29) is 0 Å². The lowest BCUT2D eigenvalue weighted by molar-refractivity contribution is 0.139. The molecule has 3 heteroatoms. The first kappa shape index (κ1) is 22.8. The highest BCUT2D eigenvalue weighted by atomic mass is 16.5. The third kappa shape index (κ3) is 7.39. The number of anilines is 1. The number of ether oxygens (including phenoxy) is 1. The van der Waals surface area contributed by atoms with Crippen molar-refractivity contribution < 1.29 is 4.74 Å². The molecule has 0 unspecified atom stereocenters. The highest BCUT2D eigenvalue weighted by Gasteiger charge is 2.04. The second kappa shape index (κ2) is 12.7. The number of likely N-dealkylation sites (N-methyl/N-ethyl adjacent to an activating group) is 1. The standard InChI is InChI=1S/C28H34N2O/c1-3-20-30(4-2)21-10-11-24-16-18-27(19-17-24)29-23-31-22-26-14-8-9-15-28(26)25-12-6-5-7-13-25/h3,5-9,12-19,29H,1,4,10-11,20-23H2,2H3. The molecule has 0 saturated carbocycles. The molecule has 3 aromatic rings. The lowest BCUT2D eigenvalue weighted by Gasteiger charge is -2.18. The van der Waals surface area contributed by atoms with Crippen LogP contribution in [0.25, 0.3) is 11.1 Å². The van der Waals surface area contributed by atoms with E-state index < -0.39 is 0 Å². The summed E-state index contributed by atoms with van der Waals surface area (Å²) < 4.78 is 5.92. The summed E-state index contributed by atoms with van der Waals surface area (Å²) >= 11 is 0. The van der Waals surface area contributed by atoms with Crippen LogP contribution in [0.2, 0.25) is 0 Å². The molecule has 0 aromatic heterocycles. The molecule has 3 nitrogen and oxygen atoms in total. The first-order valence-corrected chi connectivity index (χ1v) is 11.2. The van der Waals surface area contributed by atoms with Gasteiger partial charge in [-0.05, 0) is 60.3 Å². The number of aryl methyl sites for hydroxylation is 1. The van der Waals surface area contributed by atoms with Gasteiger partial charge in [-0.1, -0.05) is 79.7 Å². The minimum absolute atomic E-state index is 0.482. The summed E-state index contributed by atoms with van der Waals surface area (Å²) in [5.41, 5.74) is 6.10. The molecule has 31 heavy (non-hydrogen) atoms. The maximum Gasteiger partial charge on any atom is 0.116 e. The molecule has 0 saturated heterocycles. The summed E-state index contributed by atoms with van der Waals surface area (Å²) in [7, 11) is 0. The Morgan fingerprint density at radius 3 is 2.42 bits per heavy atom. The van der Waals surface area contributed by atoms with Gasteiger partial charge in [-0.3, -0.25) is 4.90 Å². The topological polar surface area (TPSA) is 24.5 Å². The van der Waals surface area contributed by atoms with Gasteiger partial charge < -0.3 is 10.1 Å². The van der Waals surface area contributed by atoms with Crippen LogP contribution >= 0.6 is 0 Å². The second-order valence-corrected chi connectivity index (χ2v) is 7.68. The first-order valence-electron chi connectivity index (χ1n) is 11.2. The lowest BCUT2D eigenvalue weighted by atomic mass is 10.0. The van der Waals surface area contributed by atoms with Gasteiger partial charge in [0.2, 0.25) is 0 Å². The number of rotatable bonds is 13. The Bertz CT molecular complexity index is 906. The average Bonchev–Trinajstić information content (AvgIpc) is 2.83. The van der Waals surface area contributed by atoms with E-state index >= 15 is 0 Å². The number of nitrogens with one attached hydrogen (secondary N) is 1. The van der Waals surface area contributed by atoms with E-state index in [0.29, 0.717) is 13.3 Å². The highest BCUT2D eigenvalue weighted by Crippen LogP contribution is 2.24. The Kier molecular flexibility index (Phi) is 9.36. The van der Waals surface area contributed by atoms with E-state index in [1.807, 2.05) is 12.1 Å². The van der Waals surface area contributed by atoms with Crippen LogP contribution in [0.1, 0.15) is 24.5 Å². The molecule has 3 rings (SSSR count). The zero-order chi connectivity index (χ0) is 21.7. The molecule has 0 spiro atoms. The second-order valence-electron chi connectivity index (χ2n) is 7.68. The molecule has 162 valence electrons. The van der Waals surface area contributed by atoms with E-state index in [9.17, 15) is 0 Å².